The molecule has 0 amide bonds. The highest BCUT2D eigenvalue weighted by Crippen LogP contribution is 2.22. The quantitative estimate of drug-likeness (QED) is 0.579. The van der Waals surface area contributed by atoms with Gasteiger partial charge < -0.3 is 9.47 Å². The van der Waals surface area contributed by atoms with Crippen molar-refractivity contribution in [1.29, 1.82) is 0 Å². The van der Waals surface area contributed by atoms with Gasteiger partial charge in [-0.2, -0.15) is 0 Å². The Morgan fingerprint density at radius 3 is 2.73 bits per heavy atom. The van der Waals surface area contributed by atoms with E-state index in [2.05, 4.69) is 21.8 Å². The minimum absolute atomic E-state index is 0.0516. The third-order valence-electron chi connectivity index (χ3n) is 5.03. The minimum Gasteiger partial charge on any atom is -0.491 e. The van der Waals surface area contributed by atoms with Crippen LogP contribution in [-0.4, -0.2) is 52.7 Å². The molecular weight excluding hydrogens is 407 g/mol. The van der Waals surface area contributed by atoms with E-state index >= 15 is 0 Å². The number of rotatable bonds is 10. The van der Waals surface area contributed by atoms with Gasteiger partial charge in [0.05, 0.1) is 24.2 Å². The van der Waals surface area contributed by atoms with Crippen molar-refractivity contribution in [3.05, 3.63) is 59.9 Å². The monoisotopic (exact) mass is 436 g/mol. The summed E-state index contributed by atoms with van der Waals surface area (Å²) in [5, 5.41) is 0. The summed E-state index contributed by atoms with van der Waals surface area (Å²) in [5.74, 6) is -0.629. The molecule has 0 radical (unpaired) electrons. The molecular formula is C22H29FN2O4S. The molecule has 2 aromatic carbocycles. The van der Waals surface area contributed by atoms with Crippen LogP contribution < -0.4 is 9.46 Å². The highest BCUT2D eigenvalue weighted by atomic mass is 32.2. The predicted octanol–water partition coefficient (Wildman–Crippen LogP) is 3.36. The minimum atomic E-state index is -3.74. The maximum Gasteiger partial charge on any atom is 0.240 e. The molecule has 1 fully saturated rings. The number of nitrogens with zero attached hydrogens (tertiary/aromatic N) is 1. The summed E-state index contributed by atoms with van der Waals surface area (Å²) in [6.07, 6.45) is 1.64. The normalized spacial score (nSPS) is 17.7. The molecule has 1 aliphatic rings. The number of nitrogens with one attached hydrogen (secondary N) is 1. The molecule has 0 bridgehead atoms. The van der Waals surface area contributed by atoms with Crippen molar-refractivity contribution in [2.24, 2.45) is 0 Å². The molecule has 1 saturated heterocycles. The number of benzene rings is 2. The van der Waals surface area contributed by atoms with Crippen molar-refractivity contribution >= 4 is 10.0 Å². The Balaban J connectivity index is 1.42. The molecule has 0 aliphatic carbocycles. The first-order valence-corrected chi connectivity index (χ1v) is 11.8. The lowest BCUT2D eigenvalue weighted by atomic mass is 10.1. The van der Waals surface area contributed by atoms with Crippen molar-refractivity contribution in [3.8, 4) is 5.75 Å². The molecule has 1 atom stereocenters. The first-order chi connectivity index (χ1) is 14.5. The summed E-state index contributed by atoms with van der Waals surface area (Å²) >= 11 is 0. The third kappa shape index (κ3) is 6.25. The highest BCUT2D eigenvalue weighted by Gasteiger charge is 2.21. The molecule has 30 heavy (non-hydrogen) atoms. The maximum atomic E-state index is 13.9. The van der Waals surface area contributed by atoms with Crippen molar-refractivity contribution in [1.82, 2.24) is 9.62 Å². The fourth-order valence-electron chi connectivity index (χ4n) is 3.45. The summed E-state index contributed by atoms with van der Waals surface area (Å²) in [4.78, 5) is 2.25. The van der Waals surface area contributed by atoms with Gasteiger partial charge in [0.1, 0.15) is 0 Å². The van der Waals surface area contributed by atoms with E-state index in [0.29, 0.717) is 26.2 Å². The summed E-state index contributed by atoms with van der Waals surface area (Å²) in [7, 11) is -3.74. The Kier molecular flexibility index (Phi) is 8.21. The molecule has 1 N–H and O–H groups in total. The third-order valence-corrected chi connectivity index (χ3v) is 6.49. The topological polar surface area (TPSA) is 67.9 Å². The zero-order valence-electron chi connectivity index (χ0n) is 17.2. The Labute approximate surface area is 178 Å². The van der Waals surface area contributed by atoms with Crippen molar-refractivity contribution in [2.75, 3.05) is 39.4 Å². The maximum absolute atomic E-state index is 13.9. The fraction of sp³-hybridized carbons (Fsp3) is 0.455. The van der Waals surface area contributed by atoms with E-state index < -0.39 is 15.8 Å². The Morgan fingerprint density at radius 2 is 2.00 bits per heavy atom. The zero-order chi connectivity index (χ0) is 21.4. The molecule has 1 aliphatic heterocycles. The first-order valence-electron chi connectivity index (χ1n) is 10.3. The van der Waals surface area contributed by atoms with Crippen LogP contribution in [0.25, 0.3) is 0 Å². The summed E-state index contributed by atoms with van der Waals surface area (Å²) in [5.41, 5.74) is 1.18. The van der Waals surface area contributed by atoms with Crippen LogP contribution in [0.15, 0.2) is 53.4 Å². The smallest absolute Gasteiger partial charge is 0.240 e. The Bertz CT molecular complexity index is 909. The lowest BCUT2D eigenvalue weighted by Crippen LogP contribution is -2.39. The number of morpholine rings is 1. The molecule has 3 rings (SSSR count). The molecule has 1 unspecified atom stereocenters. The van der Waals surface area contributed by atoms with Crippen LogP contribution in [0.3, 0.4) is 0 Å². The van der Waals surface area contributed by atoms with Crippen LogP contribution in [-0.2, 0) is 14.8 Å². The molecule has 8 heteroatoms. The average molecular weight is 437 g/mol. The molecule has 0 spiro atoms. The second-order valence-corrected chi connectivity index (χ2v) is 8.97. The molecule has 2 aromatic rings. The van der Waals surface area contributed by atoms with Gasteiger partial charge in [0, 0.05) is 19.6 Å². The lowest BCUT2D eigenvalue weighted by molar-refractivity contribution is -0.0303. The Hall–Kier alpha value is -2.00. The first kappa shape index (κ1) is 22.7. The molecule has 0 aromatic heterocycles. The molecule has 0 saturated carbocycles. The number of halogens is 1. The predicted molar refractivity (Wildman–Crippen MR) is 114 cm³/mol. The average Bonchev–Trinajstić information content (AvgIpc) is 2.76. The molecule has 164 valence electrons. The lowest BCUT2D eigenvalue weighted by Gasteiger charge is -2.33. The van der Waals surface area contributed by atoms with Gasteiger partial charge >= 0.3 is 0 Å². The summed E-state index contributed by atoms with van der Waals surface area (Å²) in [6.45, 7) is 5.65. The second-order valence-electron chi connectivity index (χ2n) is 7.20. The molecule has 6 nitrogen and oxygen atoms in total. The standard InChI is InChI=1S/C22H29FN2O4S/c1-2-28-21-11-10-19(16-20(21)23)30(26,27)24-12-6-7-13-25-14-15-29-22(17-25)18-8-4-3-5-9-18/h3-5,8-11,16,22,24H,2,6-7,12-15,17H2,1H3. The number of hydrogen-bond donors (Lipinski definition) is 1. The number of ether oxygens (including phenoxy) is 2. The number of hydrogen-bond acceptors (Lipinski definition) is 5. The summed E-state index contributed by atoms with van der Waals surface area (Å²) in [6, 6.07) is 13.9. The van der Waals surface area contributed by atoms with Crippen LogP contribution in [0.2, 0.25) is 0 Å². The van der Waals surface area contributed by atoms with Crippen LogP contribution in [0.1, 0.15) is 31.4 Å². The van der Waals surface area contributed by atoms with E-state index in [1.807, 2.05) is 18.2 Å². The SMILES string of the molecule is CCOc1ccc(S(=O)(=O)NCCCCN2CCOC(c3ccccc3)C2)cc1F. The highest BCUT2D eigenvalue weighted by molar-refractivity contribution is 7.89. The van der Waals surface area contributed by atoms with Crippen LogP contribution >= 0.6 is 0 Å². The van der Waals surface area contributed by atoms with E-state index in [1.54, 1.807) is 6.92 Å². The van der Waals surface area contributed by atoms with Crippen molar-refractivity contribution in [3.63, 3.8) is 0 Å². The van der Waals surface area contributed by atoms with Crippen molar-refractivity contribution in [2.45, 2.75) is 30.8 Å². The van der Waals surface area contributed by atoms with E-state index in [0.717, 1.165) is 32.1 Å². The van der Waals surface area contributed by atoms with E-state index in [4.69, 9.17) is 9.47 Å². The van der Waals surface area contributed by atoms with Gasteiger partial charge in [0.25, 0.3) is 0 Å². The van der Waals surface area contributed by atoms with Gasteiger partial charge in [-0.05, 0) is 50.1 Å². The van der Waals surface area contributed by atoms with Crippen LogP contribution in [0.4, 0.5) is 4.39 Å². The van der Waals surface area contributed by atoms with Crippen LogP contribution in [0, 0.1) is 5.82 Å². The van der Waals surface area contributed by atoms with Gasteiger partial charge in [-0.1, -0.05) is 30.3 Å². The van der Waals surface area contributed by atoms with Crippen LogP contribution in [0.5, 0.6) is 5.75 Å². The van der Waals surface area contributed by atoms with Gasteiger partial charge in [-0.15, -0.1) is 0 Å². The van der Waals surface area contributed by atoms with Gasteiger partial charge in [-0.25, -0.2) is 17.5 Å². The zero-order valence-corrected chi connectivity index (χ0v) is 18.0. The van der Waals surface area contributed by atoms with Crippen molar-refractivity contribution < 1.29 is 22.3 Å². The number of sulfonamides is 1. The second kappa shape index (κ2) is 10.9. The fourth-order valence-corrected chi connectivity index (χ4v) is 4.53. The molecule has 1 heterocycles. The summed E-state index contributed by atoms with van der Waals surface area (Å²) < 4.78 is 52.2. The largest absolute Gasteiger partial charge is 0.491 e. The van der Waals surface area contributed by atoms with E-state index in [1.165, 1.54) is 17.7 Å². The Morgan fingerprint density at radius 1 is 1.20 bits per heavy atom. The van der Waals surface area contributed by atoms with Gasteiger partial charge in [0.15, 0.2) is 11.6 Å². The van der Waals surface area contributed by atoms with Gasteiger partial charge in [0.2, 0.25) is 10.0 Å². The van der Waals surface area contributed by atoms with Gasteiger partial charge in [-0.3, -0.25) is 4.90 Å². The number of unbranched alkanes of at least 4 members (excludes halogenated alkanes) is 1. The van der Waals surface area contributed by atoms with E-state index in [-0.39, 0.29) is 16.7 Å². The van der Waals surface area contributed by atoms with E-state index in [9.17, 15) is 12.8 Å².